The molecule has 1 rings (SSSR count). The maximum absolute atomic E-state index is 12.0. The average molecular weight is 316 g/mol. The van der Waals surface area contributed by atoms with Crippen LogP contribution >= 0.6 is 0 Å². The van der Waals surface area contributed by atoms with E-state index in [1.807, 2.05) is 6.92 Å². The fourth-order valence-corrected chi connectivity index (χ4v) is 2.65. The Kier molecular flexibility index (Phi) is 6.60. The van der Waals surface area contributed by atoms with Gasteiger partial charge >= 0.3 is 0 Å². The molecule has 0 heterocycles. The molecule has 0 radical (unpaired) electrons. The Morgan fingerprint density at radius 2 is 1.90 bits per heavy atom. The number of hydrogen-bond donors (Lipinski definition) is 2. The molecule has 1 atom stereocenters. The monoisotopic (exact) mass is 316 g/mol. The maximum atomic E-state index is 12.0. The molecule has 1 aromatic rings. The van der Waals surface area contributed by atoms with E-state index in [4.69, 9.17) is 15.2 Å². The largest absolute Gasteiger partial charge is 0.491 e. The lowest BCUT2D eigenvalue weighted by Gasteiger charge is -2.11. The van der Waals surface area contributed by atoms with Crippen molar-refractivity contribution in [2.24, 2.45) is 5.73 Å². The van der Waals surface area contributed by atoms with Gasteiger partial charge in [0.1, 0.15) is 12.4 Å². The molecule has 118 valence electrons. The second-order valence-corrected chi connectivity index (χ2v) is 5.98. The second kappa shape index (κ2) is 7.96. The highest BCUT2D eigenvalue weighted by atomic mass is 32.2. The summed E-state index contributed by atoms with van der Waals surface area (Å²) in [5, 5.41) is 0. The first-order valence-electron chi connectivity index (χ1n) is 6.49. The lowest BCUT2D eigenvalue weighted by molar-refractivity contribution is -0.119. The number of amides is 1. The molecule has 21 heavy (non-hydrogen) atoms. The molecule has 1 unspecified atom stereocenters. The molecule has 8 heteroatoms. The van der Waals surface area contributed by atoms with Gasteiger partial charge in [-0.15, -0.1) is 0 Å². The van der Waals surface area contributed by atoms with Crippen molar-refractivity contribution in [3.63, 3.8) is 0 Å². The van der Waals surface area contributed by atoms with Crippen molar-refractivity contribution >= 4 is 15.9 Å². The van der Waals surface area contributed by atoms with Crippen LogP contribution in [0.5, 0.6) is 5.75 Å². The highest BCUT2D eigenvalue weighted by molar-refractivity contribution is 7.89. The first-order valence-corrected chi connectivity index (χ1v) is 7.97. The van der Waals surface area contributed by atoms with Crippen LogP contribution < -0.4 is 15.2 Å². The number of nitrogens with two attached hydrogens (primary N) is 1. The van der Waals surface area contributed by atoms with Gasteiger partial charge in [0.2, 0.25) is 15.9 Å². The molecule has 0 spiro atoms. The van der Waals surface area contributed by atoms with Crippen LogP contribution in [0, 0.1) is 0 Å². The van der Waals surface area contributed by atoms with Crippen LogP contribution in [0.3, 0.4) is 0 Å². The Labute approximate surface area is 124 Å². The van der Waals surface area contributed by atoms with Crippen molar-refractivity contribution in [3.05, 3.63) is 24.3 Å². The molecule has 0 saturated carbocycles. The van der Waals surface area contributed by atoms with Gasteiger partial charge in [0.05, 0.1) is 17.5 Å². The van der Waals surface area contributed by atoms with Crippen LogP contribution in [0.4, 0.5) is 0 Å². The molecule has 0 saturated heterocycles. The number of nitrogens with one attached hydrogen (secondary N) is 1. The van der Waals surface area contributed by atoms with E-state index in [1.165, 1.54) is 31.2 Å². The van der Waals surface area contributed by atoms with Crippen LogP contribution in [0.15, 0.2) is 29.2 Å². The normalized spacial score (nSPS) is 12.9. The molecular weight excluding hydrogens is 296 g/mol. The second-order valence-electron chi connectivity index (χ2n) is 4.26. The zero-order chi connectivity index (χ0) is 15.9. The summed E-state index contributed by atoms with van der Waals surface area (Å²) < 4.78 is 36.6. The van der Waals surface area contributed by atoms with Crippen molar-refractivity contribution < 1.29 is 22.7 Å². The van der Waals surface area contributed by atoms with E-state index in [1.54, 1.807) is 0 Å². The van der Waals surface area contributed by atoms with Gasteiger partial charge in [0, 0.05) is 6.61 Å². The number of hydrogen-bond acceptors (Lipinski definition) is 5. The van der Waals surface area contributed by atoms with E-state index in [-0.39, 0.29) is 4.90 Å². The Bertz CT molecular complexity index is 556. The van der Waals surface area contributed by atoms with Gasteiger partial charge in [-0.2, -0.15) is 4.72 Å². The third kappa shape index (κ3) is 5.70. The van der Waals surface area contributed by atoms with Crippen molar-refractivity contribution in [3.8, 4) is 5.75 Å². The smallest absolute Gasteiger partial charge is 0.241 e. The van der Waals surface area contributed by atoms with Gasteiger partial charge < -0.3 is 15.2 Å². The van der Waals surface area contributed by atoms with Crippen molar-refractivity contribution in [2.75, 3.05) is 19.8 Å². The summed E-state index contributed by atoms with van der Waals surface area (Å²) in [6.45, 7) is 4.74. The van der Waals surface area contributed by atoms with E-state index >= 15 is 0 Å². The maximum Gasteiger partial charge on any atom is 0.241 e. The van der Waals surface area contributed by atoms with Crippen LogP contribution in [-0.2, 0) is 19.6 Å². The van der Waals surface area contributed by atoms with E-state index in [2.05, 4.69) is 4.72 Å². The van der Waals surface area contributed by atoms with Gasteiger partial charge in [-0.05, 0) is 38.1 Å². The molecule has 0 fully saturated rings. The van der Waals surface area contributed by atoms with Gasteiger partial charge in [-0.3, -0.25) is 4.79 Å². The summed E-state index contributed by atoms with van der Waals surface area (Å²) in [6, 6.07) is 4.89. The van der Waals surface area contributed by atoms with E-state index in [9.17, 15) is 13.2 Å². The van der Waals surface area contributed by atoms with E-state index in [0.717, 1.165) is 0 Å². The quantitative estimate of drug-likeness (QED) is 0.635. The number of rotatable bonds is 9. The zero-order valence-corrected chi connectivity index (χ0v) is 12.9. The number of carbonyl (C=O) groups excluding carboxylic acids is 1. The molecule has 0 aromatic heterocycles. The zero-order valence-electron chi connectivity index (χ0n) is 12.0. The predicted octanol–water partition coefficient (Wildman–Crippen LogP) is 0.254. The SMILES string of the molecule is CCOCCOc1ccc(S(=O)(=O)NC(C)C(N)=O)cc1. The molecule has 0 aliphatic carbocycles. The average Bonchev–Trinajstić information content (AvgIpc) is 2.43. The molecule has 7 nitrogen and oxygen atoms in total. The van der Waals surface area contributed by atoms with Crippen molar-refractivity contribution in [1.29, 1.82) is 0 Å². The van der Waals surface area contributed by atoms with Crippen LogP contribution in [0.25, 0.3) is 0 Å². The van der Waals surface area contributed by atoms with Gasteiger partial charge in [-0.25, -0.2) is 8.42 Å². The van der Waals surface area contributed by atoms with Crippen molar-refractivity contribution in [2.45, 2.75) is 24.8 Å². The van der Waals surface area contributed by atoms with Gasteiger partial charge in [0.15, 0.2) is 0 Å². The highest BCUT2D eigenvalue weighted by Gasteiger charge is 2.20. The van der Waals surface area contributed by atoms with Crippen molar-refractivity contribution in [1.82, 2.24) is 4.72 Å². The third-order valence-electron chi connectivity index (χ3n) is 2.59. The minimum Gasteiger partial charge on any atom is -0.491 e. The topological polar surface area (TPSA) is 108 Å². The van der Waals surface area contributed by atoms with Crippen LogP contribution in [-0.4, -0.2) is 40.2 Å². The standard InChI is InChI=1S/C13H20N2O5S/c1-3-19-8-9-20-11-4-6-12(7-5-11)21(17,18)15-10(2)13(14)16/h4-7,10,15H,3,8-9H2,1-2H3,(H2,14,16). The Hall–Kier alpha value is -1.64. The number of benzene rings is 1. The van der Waals surface area contributed by atoms with Crippen LogP contribution in [0.2, 0.25) is 0 Å². The van der Waals surface area contributed by atoms with Gasteiger partial charge in [-0.1, -0.05) is 0 Å². The minimum atomic E-state index is -3.78. The molecule has 1 aromatic carbocycles. The molecule has 1 amide bonds. The molecule has 3 N–H and O–H groups in total. The first-order chi connectivity index (χ1) is 9.86. The highest BCUT2D eigenvalue weighted by Crippen LogP contribution is 2.16. The summed E-state index contributed by atoms with van der Waals surface area (Å²) >= 11 is 0. The number of sulfonamides is 1. The molecule has 0 aliphatic rings. The lowest BCUT2D eigenvalue weighted by atomic mass is 10.3. The van der Waals surface area contributed by atoms with Crippen LogP contribution in [0.1, 0.15) is 13.8 Å². The first kappa shape index (κ1) is 17.4. The Morgan fingerprint density at radius 1 is 1.29 bits per heavy atom. The summed E-state index contributed by atoms with van der Waals surface area (Å²) in [5.74, 6) is -0.203. The number of ether oxygens (including phenoxy) is 2. The van der Waals surface area contributed by atoms with E-state index in [0.29, 0.717) is 25.6 Å². The fourth-order valence-electron chi connectivity index (χ4n) is 1.44. The molecular formula is C13H20N2O5S. The lowest BCUT2D eigenvalue weighted by Crippen LogP contribution is -2.42. The predicted molar refractivity (Wildman–Crippen MR) is 77.4 cm³/mol. The number of carbonyl (C=O) groups is 1. The number of primary amides is 1. The van der Waals surface area contributed by atoms with Gasteiger partial charge in [0.25, 0.3) is 0 Å². The fraction of sp³-hybridized carbons (Fsp3) is 0.462. The Morgan fingerprint density at radius 3 is 2.43 bits per heavy atom. The Balaban J connectivity index is 2.66. The molecule has 0 aliphatic heterocycles. The third-order valence-corrected chi connectivity index (χ3v) is 4.15. The molecule has 0 bridgehead atoms. The van der Waals surface area contributed by atoms with E-state index < -0.39 is 22.0 Å². The summed E-state index contributed by atoms with van der Waals surface area (Å²) in [4.78, 5) is 10.9. The summed E-state index contributed by atoms with van der Waals surface area (Å²) in [7, 11) is -3.78. The minimum absolute atomic E-state index is 0.0350. The summed E-state index contributed by atoms with van der Waals surface area (Å²) in [5.41, 5.74) is 5.03. The summed E-state index contributed by atoms with van der Waals surface area (Å²) in [6.07, 6.45) is 0.